The van der Waals surface area contributed by atoms with Gasteiger partial charge in [-0.3, -0.25) is 4.99 Å². The first-order valence-electron chi connectivity index (χ1n) is 7.44. The molecule has 0 radical (unpaired) electrons. The van der Waals surface area contributed by atoms with Crippen LogP contribution in [0.2, 0.25) is 0 Å². The van der Waals surface area contributed by atoms with E-state index in [0.29, 0.717) is 12.1 Å². The van der Waals surface area contributed by atoms with Gasteiger partial charge in [0.25, 0.3) is 0 Å². The molecule has 3 rings (SSSR count). The first kappa shape index (κ1) is 15.0. The van der Waals surface area contributed by atoms with Crippen molar-refractivity contribution in [1.29, 1.82) is 0 Å². The average molecular weight is 306 g/mol. The number of carbonyl (C=O) groups is 1. The van der Waals surface area contributed by atoms with Crippen LogP contribution in [-0.2, 0) is 13.6 Å². The molecule has 0 unspecified atom stereocenters. The predicted octanol–water partition coefficient (Wildman–Crippen LogP) is 3.80. The monoisotopic (exact) mass is 306 g/mol. The predicted molar refractivity (Wildman–Crippen MR) is 92.4 cm³/mol. The minimum atomic E-state index is -0.911. The van der Waals surface area contributed by atoms with Crippen LogP contribution in [0.4, 0.5) is 0 Å². The van der Waals surface area contributed by atoms with Crippen molar-refractivity contribution in [3.8, 4) is 0 Å². The van der Waals surface area contributed by atoms with Crippen molar-refractivity contribution in [2.45, 2.75) is 13.5 Å². The lowest BCUT2D eigenvalue weighted by atomic mass is 10.1. The third-order valence-corrected chi connectivity index (χ3v) is 4.14. The molecule has 4 nitrogen and oxygen atoms in total. The second-order valence-corrected chi connectivity index (χ2v) is 5.55. The fraction of sp³-hybridized carbons (Fsp3) is 0.158. The van der Waals surface area contributed by atoms with Gasteiger partial charge in [-0.1, -0.05) is 30.3 Å². The summed E-state index contributed by atoms with van der Waals surface area (Å²) in [7, 11) is 2.06. The first-order chi connectivity index (χ1) is 11.1. The van der Waals surface area contributed by atoms with E-state index >= 15 is 0 Å². The number of para-hydroxylation sites is 1. The Morgan fingerprint density at radius 2 is 1.87 bits per heavy atom. The zero-order valence-corrected chi connectivity index (χ0v) is 13.2. The number of aromatic carboxylic acids is 1. The Kier molecular flexibility index (Phi) is 3.98. The fourth-order valence-electron chi connectivity index (χ4n) is 2.71. The van der Waals surface area contributed by atoms with Crippen LogP contribution in [-0.4, -0.2) is 21.9 Å². The molecule has 0 aliphatic heterocycles. The highest BCUT2D eigenvalue weighted by molar-refractivity contribution is 6.01. The third kappa shape index (κ3) is 2.88. The average Bonchev–Trinajstić information content (AvgIpc) is 2.81. The van der Waals surface area contributed by atoms with Crippen LogP contribution in [0.25, 0.3) is 10.9 Å². The molecule has 1 N–H and O–H groups in total. The topological polar surface area (TPSA) is 54.6 Å². The van der Waals surface area contributed by atoms with Gasteiger partial charge in [-0.2, -0.15) is 0 Å². The number of carboxylic acids is 1. The van der Waals surface area contributed by atoms with Gasteiger partial charge >= 0.3 is 5.97 Å². The lowest BCUT2D eigenvalue weighted by Crippen LogP contribution is -1.96. The summed E-state index contributed by atoms with van der Waals surface area (Å²) >= 11 is 0. The number of aromatic nitrogens is 1. The number of hydrogen-bond acceptors (Lipinski definition) is 2. The number of aryl methyl sites for hydroxylation is 1. The molecular weight excluding hydrogens is 288 g/mol. The smallest absolute Gasteiger partial charge is 0.335 e. The summed E-state index contributed by atoms with van der Waals surface area (Å²) in [4.78, 5) is 15.4. The summed E-state index contributed by atoms with van der Waals surface area (Å²) in [5.41, 5.74) is 4.78. The standard InChI is InChI=1S/C19H18N2O2/c1-13-17(16-5-3-4-6-18(16)21(13)2)12-20-11-14-7-9-15(10-8-14)19(22)23/h3-10,12H,11H2,1-2H3,(H,22,23). The highest BCUT2D eigenvalue weighted by Gasteiger charge is 2.09. The van der Waals surface area contributed by atoms with Crippen LogP contribution >= 0.6 is 0 Å². The summed E-state index contributed by atoms with van der Waals surface area (Å²) < 4.78 is 2.17. The number of nitrogens with zero attached hydrogens (tertiary/aromatic N) is 2. The van der Waals surface area contributed by atoms with E-state index in [1.165, 1.54) is 16.6 Å². The van der Waals surface area contributed by atoms with E-state index in [1.807, 2.05) is 18.3 Å². The van der Waals surface area contributed by atoms with Gasteiger partial charge in [0.1, 0.15) is 0 Å². The van der Waals surface area contributed by atoms with Crippen molar-refractivity contribution in [3.05, 3.63) is 70.9 Å². The molecule has 23 heavy (non-hydrogen) atoms. The summed E-state index contributed by atoms with van der Waals surface area (Å²) in [6.45, 7) is 2.62. The first-order valence-corrected chi connectivity index (χ1v) is 7.44. The van der Waals surface area contributed by atoms with Gasteiger partial charge in [-0.25, -0.2) is 4.79 Å². The molecular formula is C19H18N2O2. The Morgan fingerprint density at radius 3 is 2.57 bits per heavy atom. The van der Waals surface area contributed by atoms with E-state index < -0.39 is 5.97 Å². The van der Waals surface area contributed by atoms with Crippen molar-refractivity contribution in [2.75, 3.05) is 0 Å². The Balaban J connectivity index is 1.83. The Morgan fingerprint density at radius 1 is 1.17 bits per heavy atom. The van der Waals surface area contributed by atoms with Gasteiger partial charge in [0.15, 0.2) is 0 Å². The van der Waals surface area contributed by atoms with Gasteiger partial charge < -0.3 is 9.67 Å². The number of carboxylic acid groups (broad SMARTS) is 1. The van der Waals surface area contributed by atoms with Gasteiger partial charge in [-0.05, 0) is 30.7 Å². The van der Waals surface area contributed by atoms with E-state index in [-0.39, 0.29) is 0 Å². The van der Waals surface area contributed by atoms with Crippen LogP contribution in [0, 0.1) is 6.92 Å². The largest absolute Gasteiger partial charge is 0.478 e. The van der Waals surface area contributed by atoms with Gasteiger partial charge in [0.2, 0.25) is 0 Å². The molecule has 0 bridgehead atoms. The normalized spacial score (nSPS) is 11.4. The molecule has 0 spiro atoms. The van der Waals surface area contributed by atoms with Crippen LogP contribution in [0.3, 0.4) is 0 Å². The zero-order chi connectivity index (χ0) is 16.4. The number of rotatable bonds is 4. The Hall–Kier alpha value is -2.88. The number of benzene rings is 2. The van der Waals surface area contributed by atoms with Crippen LogP contribution in [0.1, 0.15) is 27.2 Å². The minimum Gasteiger partial charge on any atom is -0.478 e. The van der Waals surface area contributed by atoms with Gasteiger partial charge in [-0.15, -0.1) is 0 Å². The van der Waals surface area contributed by atoms with Gasteiger partial charge in [0.05, 0.1) is 12.1 Å². The molecule has 1 heterocycles. The highest BCUT2D eigenvalue weighted by atomic mass is 16.4. The lowest BCUT2D eigenvalue weighted by Gasteiger charge is -1.99. The second kappa shape index (κ2) is 6.08. The Bertz CT molecular complexity index is 890. The van der Waals surface area contributed by atoms with Gasteiger partial charge in [0, 0.05) is 35.4 Å². The molecule has 0 saturated heterocycles. The van der Waals surface area contributed by atoms with E-state index in [4.69, 9.17) is 5.11 Å². The molecule has 1 aromatic heterocycles. The van der Waals surface area contributed by atoms with Crippen molar-refractivity contribution in [3.63, 3.8) is 0 Å². The molecule has 0 aliphatic rings. The maximum absolute atomic E-state index is 10.8. The number of hydrogen-bond donors (Lipinski definition) is 1. The van der Waals surface area contributed by atoms with E-state index in [0.717, 1.165) is 11.1 Å². The quantitative estimate of drug-likeness (QED) is 0.745. The molecule has 0 aliphatic carbocycles. The maximum atomic E-state index is 10.8. The molecule has 0 atom stereocenters. The summed E-state index contributed by atoms with van der Waals surface area (Å²) in [5, 5.41) is 10.1. The van der Waals surface area contributed by atoms with Crippen molar-refractivity contribution < 1.29 is 9.90 Å². The SMILES string of the molecule is Cc1c(C=NCc2ccc(C(=O)O)cc2)c2ccccc2n1C. The molecule has 0 fully saturated rings. The second-order valence-electron chi connectivity index (χ2n) is 5.55. The van der Waals surface area contributed by atoms with Crippen molar-refractivity contribution in [2.24, 2.45) is 12.0 Å². The van der Waals surface area contributed by atoms with E-state index in [9.17, 15) is 4.79 Å². The van der Waals surface area contributed by atoms with Crippen molar-refractivity contribution >= 4 is 23.1 Å². The molecule has 4 heteroatoms. The summed E-state index contributed by atoms with van der Waals surface area (Å²) in [5.74, 6) is -0.911. The fourth-order valence-corrected chi connectivity index (χ4v) is 2.71. The molecule has 116 valence electrons. The van der Waals surface area contributed by atoms with Crippen LogP contribution in [0.5, 0.6) is 0 Å². The lowest BCUT2D eigenvalue weighted by molar-refractivity contribution is 0.0697. The van der Waals surface area contributed by atoms with Crippen molar-refractivity contribution in [1.82, 2.24) is 4.57 Å². The summed E-state index contributed by atoms with van der Waals surface area (Å²) in [6.07, 6.45) is 1.91. The van der Waals surface area contributed by atoms with E-state index in [1.54, 1.807) is 24.3 Å². The Labute approximate surface area is 134 Å². The van der Waals surface area contributed by atoms with Crippen LogP contribution in [0.15, 0.2) is 53.5 Å². The third-order valence-electron chi connectivity index (χ3n) is 4.14. The van der Waals surface area contributed by atoms with E-state index in [2.05, 4.69) is 35.7 Å². The number of fused-ring (bicyclic) bond motifs is 1. The number of aliphatic imine (C=N–C) groups is 1. The zero-order valence-electron chi connectivity index (χ0n) is 13.2. The molecule has 2 aromatic carbocycles. The molecule has 0 saturated carbocycles. The molecule has 3 aromatic rings. The minimum absolute atomic E-state index is 0.294. The highest BCUT2D eigenvalue weighted by Crippen LogP contribution is 2.23. The van der Waals surface area contributed by atoms with Crippen LogP contribution < -0.4 is 0 Å². The molecule has 0 amide bonds. The maximum Gasteiger partial charge on any atom is 0.335 e. The summed E-state index contributed by atoms with van der Waals surface area (Å²) in [6, 6.07) is 15.1.